The fraction of sp³-hybridized carbons (Fsp3) is 0.417. The quantitative estimate of drug-likeness (QED) is 0.347. The Morgan fingerprint density at radius 2 is 2.10 bits per heavy atom. The molecule has 1 aromatic carbocycles. The summed E-state index contributed by atoms with van der Waals surface area (Å²) in [6, 6.07) is 4.13. The average molecular weight is 316 g/mol. The molecule has 0 aliphatic heterocycles. The van der Waals surface area contributed by atoms with Gasteiger partial charge in [-0.3, -0.25) is 14.9 Å². The molecule has 21 heavy (non-hydrogen) atoms. The third kappa shape index (κ3) is 4.50. The van der Waals surface area contributed by atoms with E-state index in [2.05, 4.69) is 9.46 Å². The van der Waals surface area contributed by atoms with Gasteiger partial charge in [-0.2, -0.15) is 0 Å². The van der Waals surface area contributed by atoms with Crippen LogP contribution in [0, 0.1) is 10.1 Å². The number of ether oxygens (including phenoxy) is 1. The molecule has 0 atom stereocenters. The molecule has 0 bridgehead atoms. The monoisotopic (exact) mass is 316 g/mol. The van der Waals surface area contributed by atoms with Crippen molar-refractivity contribution in [3.05, 3.63) is 33.9 Å². The van der Waals surface area contributed by atoms with E-state index >= 15 is 0 Å². The highest BCUT2D eigenvalue weighted by Crippen LogP contribution is 2.27. The van der Waals surface area contributed by atoms with Crippen LogP contribution in [0.25, 0.3) is 0 Å². The Balaban J connectivity index is 3.03. The van der Waals surface area contributed by atoms with Crippen LogP contribution in [0.3, 0.4) is 0 Å². The largest absolute Gasteiger partial charge is 0.464 e. The second kappa shape index (κ2) is 7.14. The SMILES string of the molecule is CCc1cccc(S(=O)(=O)NCCOC(C)=O)c1[N+](=O)[O-]. The van der Waals surface area contributed by atoms with Crippen LogP contribution >= 0.6 is 0 Å². The van der Waals surface area contributed by atoms with Crippen molar-refractivity contribution in [1.29, 1.82) is 0 Å². The first-order chi connectivity index (χ1) is 9.79. The van der Waals surface area contributed by atoms with Crippen molar-refractivity contribution in [3.8, 4) is 0 Å². The molecular formula is C12H16N2O6S. The first-order valence-electron chi connectivity index (χ1n) is 6.19. The number of nitro groups is 1. The van der Waals surface area contributed by atoms with E-state index in [1.807, 2.05) is 0 Å². The summed E-state index contributed by atoms with van der Waals surface area (Å²) >= 11 is 0. The van der Waals surface area contributed by atoms with Gasteiger partial charge in [0.05, 0.1) is 4.92 Å². The van der Waals surface area contributed by atoms with Crippen molar-refractivity contribution >= 4 is 21.7 Å². The van der Waals surface area contributed by atoms with Gasteiger partial charge in [-0.15, -0.1) is 0 Å². The summed E-state index contributed by atoms with van der Waals surface area (Å²) in [4.78, 5) is 20.6. The van der Waals surface area contributed by atoms with E-state index in [0.29, 0.717) is 12.0 Å². The molecule has 0 fully saturated rings. The average Bonchev–Trinajstić information content (AvgIpc) is 2.42. The Kier molecular flexibility index (Phi) is 5.79. The van der Waals surface area contributed by atoms with Gasteiger partial charge >= 0.3 is 5.97 Å². The lowest BCUT2D eigenvalue weighted by Gasteiger charge is -2.09. The van der Waals surface area contributed by atoms with E-state index in [9.17, 15) is 23.3 Å². The molecule has 0 saturated heterocycles. The number of hydrogen-bond donors (Lipinski definition) is 1. The van der Waals surface area contributed by atoms with Crippen LogP contribution in [0.1, 0.15) is 19.4 Å². The fourth-order valence-electron chi connectivity index (χ4n) is 1.73. The minimum Gasteiger partial charge on any atom is -0.464 e. The van der Waals surface area contributed by atoms with E-state index in [1.54, 1.807) is 6.92 Å². The normalized spacial score (nSPS) is 11.1. The van der Waals surface area contributed by atoms with Crippen molar-refractivity contribution < 1.29 is 22.9 Å². The molecule has 1 aromatic rings. The van der Waals surface area contributed by atoms with Crippen LogP contribution in [0.5, 0.6) is 0 Å². The zero-order valence-corrected chi connectivity index (χ0v) is 12.5. The predicted octanol–water partition coefficient (Wildman–Crippen LogP) is 0.999. The van der Waals surface area contributed by atoms with Crippen LogP contribution < -0.4 is 4.72 Å². The number of nitrogens with zero attached hydrogens (tertiary/aromatic N) is 1. The number of esters is 1. The molecule has 0 amide bonds. The minimum atomic E-state index is -4.05. The van der Waals surface area contributed by atoms with Gasteiger partial charge in [0.15, 0.2) is 4.90 Å². The molecule has 0 saturated carbocycles. The van der Waals surface area contributed by atoms with Crippen LogP contribution in [-0.4, -0.2) is 32.5 Å². The van der Waals surface area contributed by atoms with Crippen LogP contribution in [-0.2, 0) is 26.0 Å². The number of nitro benzene ring substituents is 1. The Bertz CT molecular complexity index is 641. The van der Waals surface area contributed by atoms with Gasteiger partial charge in [-0.05, 0) is 12.5 Å². The van der Waals surface area contributed by atoms with E-state index in [0.717, 1.165) is 0 Å². The molecule has 0 aliphatic rings. The summed E-state index contributed by atoms with van der Waals surface area (Å²) in [5.41, 5.74) is -0.0946. The molecule has 9 heteroatoms. The topological polar surface area (TPSA) is 116 Å². The summed E-state index contributed by atoms with van der Waals surface area (Å²) in [6.45, 7) is 2.60. The second-order valence-electron chi connectivity index (χ2n) is 4.11. The van der Waals surface area contributed by atoms with Gasteiger partial charge in [0.1, 0.15) is 6.61 Å². The molecule has 0 aromatic heterocycles. The Morgan fingerprint density at radius 3 is 2.62 bits per heavy atom. The Morgan fingerprint density at radius 1 is 1.43 bits per heavy atom. The lowest BCUT2D eigenvalue weighted by atomic mass is 10.1. The van der Waals surface area contributed by atoms with Crippen molar-refractivity contribution in [2.24, 2.45) is 0 Å². The Labute approximate surface area is 122 Å². The first-order valence-corrected chi connectivity index (χ1v) is 7.67. The summed E-state index contributed by atoms with van der Waals surface area (Å²) < 4.78 is 31.0. The lowest BCUT2D eigenvalue weighted by Crippen LogP contribution is -2.28. The summed E-state index contributed by atoms with van der Waals surface area (Å²) in [5, 5.41) is 11.1. The van der Waals surface area contributed by atoms with Gasteiger partial charge in [0.2, 0.25) is 10.0 Å². The van der Waals surface area contributed by atoms with Crippen LogP contribution in [0.2, 0.25) is 0 Å². The molecule has 0 spiro atoms. The number of nitrogens with one attached hydrogen (secondary N) is 1. The number of carbonyl (C=O) groups is 1. The van der Waals surface area contributed by atoms with E-state index in [4.69, 9.17) is 0 Å². The smallest absolute Gasteiger partial charge is 0.302 e. The number of rotatable bonds is 7. The van der Waals surface area contributed by atoms with Gasteiger partial charge in [-0.25, -0.2) is 13.1 Å². The number of sulfonamides is 1. The molecule has 1 N–H and O–H groups in total. The van der Waals surface area contributed by atoms with E-state index in [1.165, 1.54) is 25.1 Å². The zero-order valence-electron chi connectivity index (χ0n) is 11.7. The van der Waals surface area contributed by atoms with Crippen molar-refractivity contribution in [2.45, 2.75) is 25.2 Å². The molecule has 0 heterocycles. The maximum absolute atomic E-state index is 12.1. The lowest BCUT2D eigenvalue weighted by molar-refractivity contribution is -0.388. The third-order valence-corrected chi connectivity index (χ3v) is 4.13. The molecule has 0 unspecified atom stereocenters. The highest BCUT2D eigenvalue weighted by Gasteiger charge is 2.27. The first kappa shape index (κ1) is 17.1. The molecule has 1 rings (SSSR count). The van der Waals surface area contributed by atoms with Gasteiger partial charge in [0, 0.05) is 19.0 Å². The van der Waals surface area contributed by atoms with E-state index in [-0.39, 0.29) is 13.2 Å². The second-order valence-corrected chi connectivity index (χ2v) is 5.85. The molecule has 0 aliphatic carbocycles. The third-order valence-electron chi connectivity index (χ3n) is 2.64. The Hall–Kier alpha value is -2.00. The van der Waals surface area contributed by atoms with Gasteiger partial charge < -0.3 is 4.74 Å². The molecule has 116 valence electrons. The highest BCUT2D eigenvalue weighted by atomic mass is 32.2. The van der Waals surface area contributed by atoms with Crippen molar-refractivity contribution in [2.75, 3.05) is 13.2 Å². The maximum atomic E-state index is 12.1. The molecule has 8 nitrogen and oxygen atoms in total. The summed E-state index contributed by atoms with van der Waals surface area (Å²) in [7, 11) is -4.05. The van der Waals surface area contributed by atoms with Crippen LogP contribution in [0.4, 0.5) is 5.69 Å². The van der Waals surface area contributed by atoms with Gasteiger partial charge in [0.25, 0.3) is 5.69 Å². The summed E-state index contributed by atoms with van der Waals surface area (Å²) in [6.07, 6.45) is 0.340. The minimum absolute atomic E-state index is 0.143. The number of hydrogen-bond acceptors (Lipinski definition) is 6. The fourth-order valence-corrected chi connectivity index (χ4v) is 2.95. The van der Waals surface area contributed by atoms with Gasteiger partial charge in [-0.1, -0.05) is 19.1 Å². The summed E-state index contributed by atoms with van der Waals surface area (Å²) in [5.74, 6) is -0.534. The van der Waals surface area contributed by atoms with Crippen molar-refractivity contribution in [3.63, 3.8) is 0 Å². The zero-order chi connectivity index (χ0) is 16.0. The number of para-hydroxylation sites is 1. The standard InChI is InChI=1S/C12H16N2O6S/c1-3-10-5-4-6-11(12(10)14(16)17)21(18,19)13-7-8-20-9(2)15/h4-6,13H,3,7-8H2,1-2H3. The van der Waals surface area contributed by atoms with Crippen molar-refractivity contribution in [1.82, 2.24) is 4.72 Å². The molecular weight excluding hydrogens is 300 g/mol. The van der Waals surface area contributed by atoms with Crippen LogP contribution in [0.15, 0.2) is 23.1 Å². The maximum Gasteiger partial charge on any atom is 0.302 e. The molecule has 0 radical (unpaired) electrons. The number of benzene rings is 1. The predicted molar refractivity (Wildman–Crippen MR) is 74.3 cm³/mol. The van der Waals surface area contributed by atoms with E-state index < -0.39 is 31.5 Å². The number of carbonyl (C=O) groups excluding carboxylic acids is 1. The highest BCUT2D eigenvalue weighted by molar-refractivity contribution is 7.89. The number of aryl methyl sites for hydroxylation is 1.